The van der Waals surface area contributed by atoms with E-state index < -0.39 is 0 Å². The summed E-state index contributed by atoms with van der Waals surface area (Å²) < 4.78 is 11.1. The molecule has 97 heavy (non-hydrogen) atoms. The van der Waals surface area contributed by atoms with E-state index in [9.17, 15) is 0 Å². The van der Waals surface area contributed by atoms with Crippen LogP contribution in [0.5, 0.6) is 0 Å². The Balaban J connectivity index is 0.856. The molecule has 0 unspecified atom stereocenters. The Labute approximate surface area is 554 Å². The van der Waals surface area contributed by atoms with Crippen LogP contribution in [0, 0.1) is 0 Å². The van der Waals surface area contributed by atoms with Crippen LogP contribution in [0.3, 0.4) is 0 Å². The Morgan fingerprint density at radius 3 is 1.09 bits per heavy atom. The number of pyridine rings is 2. The Morgan fingerprint density at radius 1 is 0.206 bits per heavy atom. The second-order valence-electron chi connectivity index (χ2n) is 25.7. The van der Waals surface area contributed by atoms with Gasteiger partial charge in [0.2, 0.25) is 0 Å². The van der Waals surface area contributed by atoms with Crippen molar-refractivity contribution in [2.24, 2.45) is 0 Å². The fourth-order valence-corrected chi connectivity index (χ4v) is 16.8. The van der Waals surface area contributed by atoms with E-state index in [0.29, 0.717) is 10.8 Å². The number of hydrogen-bond donors (Lipinski definition) is 0. The molecule has 0 aliphatic carbocycles. The van der Waals surface area contributed by atoms with E-state index in [1.54, 1.807) is 0 Å². The average molecular weight is 1240 g/mol. The first-order chi connectivity index (χ1) is 48.0. The van der Waals surface area contributed by atoms with Gasteiger partial charge in [-0.1, -0.05) is 212 Å². The van der Waals surface area contributed by atoms with Crippen molar-refractivity contribution < 1.29 is 0 Å². The normalized spacial score (nSPS) is 12.2. The summed E-state index contributed by atoms with van der Waals surface area (Å²) >= 11 is 0. The molecule has 0 bridgehead atoms. The number of para-hydroxylation sites is 6. The standard InChI is InChI=1S/C90H53N5O2/c96-89-68-34-15-13-30-63(68)67-36-21-37-70-82(54-22-5-1-6-23-54)85(94(89)87(67)70)58-43-49-81-75(53-58)74-50-55(40-46-80(74)93(81)61-28-11-4-12-29-61)62-44-45-71-83(56-41-47-78-72(51-56)64-31-17-19-38-76(64)91(78)59-24-7-2-8-25-59)86(95-88(71)84(62)66-33-14-16-35-69(66)90(95)97)57-42-48-79-73(52-57)65-32-18-20-39-77(65)92(79)60-26-9-3-10-27-60/h1-53H. The number of fused-ring (bicyclic) bond motifs is 13. The number of benzene rings is 14. The Kier molecular flexibility index (Phi) is 11.1. The lowest BCUT2D eigenvalue weighted by molar-refractivity contribution is 1.16. The van der Waals surface area contributed by atoms with Crippen LogP contribution in [-0.2, 0) is 0 Å². The lowest BCUT2D eigenvalue weighted by Gasteiger charge is -2.13. The van der Waals surface area contributed by atoms with Gasteiger partial charge in [-0.25, -0.2) is 0 Å². The van der Waals surface area contributed by atoms with Gasteiger partial charge in [0.05, 0.1) is 55.5 Å². The molecule has 0 aliphatic heterocycles. The van der Waals surface area contributed by atoms with Crippen molar-refractivity contribution >= 4 is 120 Å². The van der Waals surface area contributed by atoms with Gasteiger partial charge in [0.15, 0.2) is 0 Å². The highest BCUT2D eigenvalue weighted by molar-refractivity contribution is 6.25. The number of aromatic nitrogens is 5. The molecule has 0 amide bonds. The van der Waals surface area contributed by atoms with Crippen LogP contribution >= 0.6 is 0 Å². The van der Waals surface area contributed by atoms with Crippen molar-refractivity contribution in [1.29, 1.82) is 0 Å². The summed E-state index contributed by atoms with van der Waals surface area (Å²) in [5, 5.41) is 13.8. The van der Waals surface area contributed by atoms with Crippen LogP contribution in [-0.4, -0.2) is 22.5 Å². The van der Waals surface area contributed by atoms with Gasteiger partial charge in [-0.15, -0.1) is 0 Å². The summed E-state index contributed by atoms with van der Waals surface area (Å²) in [6, 6.07) is 114. The number of hydrogen-bond acceptors (Lipinski definition) is 2. The molecule has 0 spiro atoms. The summed E-state index contributed by atoms with van der Waals surface area (Å²) in [6.07, 6.45) is 0. The van der Waals surface area contributed by atoms with E-state index in [4.69, 9.17) is 0 Å². The van der Waals surface area contributed by atoms with Crippen LogP contribution in [0.25, 0.3) is 192 Å². The SMILES string of the molecule is O=c1c2ccccc2c2cccc3c(-c4ccccc4)c(-c4ccc5c(c4)c4cc(-c6ccc7c(-c8ccc9c(c8)c8ccccc8n9-c8ccccc8)c(-c8ccc9c(c8)c8ccccc8n9-c8ccccc8)n8c(=O)c9ccccc9c6c78)ccc4n5-c4ccccc4)n1c32. The van der Waals surface area contributed by atoms with Gasteiger partial charge < -0.3 is 13.7 Å². The third-order valence-electron chi connectivity index (χ3n) is 20.8. The zero-order valence-electron chi connectivity index (χ0n) is 52.2. The predicted octanol–water partition coefficient (Wildman–Crippen LogP) is 22.0. The second-order valence-corrected chi connectivity index (χ2v) is 25.7. The fourth-order valence-electron chi connectivity index (χ4n) is 16.8. The predicted molar refractivity (Wildman–Crippen MR) is 403 cm³/mol. The maximum absolute atomic E-state index is 16.3. The maximum Gasteiger partial charge on any atom is 0.263 e. The number of nitrogens with zero attached hydrogens (tertiary/aromatic N) is 5. The zero-order valence-corrected chi connectivity index (χ0v) is 52.2. The summed E-state index contributed by atoms with van der Waals surface area (Å²) in [4.78, 5) is 31.6. The Hall–Kier alpha value is -13.1. The minimum Gasteiger partial charge on any atom is -0.309 e. The van der Waals surface area contributed by atoms with Crippen molar-refractivity contribution in [2.75, 3.05) is 0 Å². The largest absolute Gasteiger partial charge is 0.309 e. The van der Waals surface area contributed by atoms with E-state index in [2.05, 4.69) is 303 Å². The van der Waals surface area contributed by atoms with Crippen LogP contribution in [0.15, 0.2) is 331 Å². The molecule has 7 heterocycles. The Bertz CT molecular complexity index is 7020. The monoisotopic (exact) mass is 1240 g/mol. The van der Waals surface area contributed by atoms with E-state index in [-0.39, 0.29) is 11.1 Å². The lowest BCUT2D eigenvalue weighted by atomic mass is 9.92. The van der Waals surface area contributed by atoms with Crippen LogP contribution in [0.1, 0.15) is 0 Å². The minimum atomic E-state index is -0.0741. The highest BCUT2D eigenvalue weighted by Crippen LogP contribution is 2.50. The molecule has 450 valence electrons. The molecule has 0 saturated heterocycles. The van der Waals surface area contributed by atoms with E-state index in [0.717, 1.165) is 182 Å². The van der Waals surface area contributed by atoms with Gasteiger partial charge >= 0.3 is 0 Å². The third-order valence-corrected chi connectivity index (χ3v) is 20.8. The van der Waals surface area contributed by atoms with E-state index in [1.807, 2.05) is 40.8 Å². The highest BCUT2D eigenvalue weighted by Gasteiger charge is 2.30. The van der Waals surface area contributed by atoms with Gasteiger partial charge in [0.1, 0.15) is 0 Å². The van der Waals surface area contributed by atoms with Gasteiger partial charge in [0, 0.05) is 104 Å². The topological polar surface area (TPSA) is 57.8 Å². The molecular formula is C90H53N5O2. The van der Waals surface area contributed by atoms with Crippen molar-refractivity contribution in [3.05, 3.63) is 342 Å². The number of rotatable bonds is 8. The smallest absolute Gasteiger partial charge is 0.263 e. The molecule has 21 aromatic rings. The van der Waals surface area contributed by atoms with E-state index in [1.165, 1.54) is 0 Å². The van der Waals surface area contributed by atoms with Gasteiger partial charge in [-0.3, -0.25) is 18.4 Å². The van der Waals surface area contributed by atoms with Crippen molar-refractivity contribution in [2.45, 2.75) is 0 Å². The summed E-state index contributed by atoms with van der Waals surface area (Å²) in [7, 11) is 0. The first-order valence-electron chi connectivity index (χ1n) is 33.1. The Morgan fingerprint density at radius 2 is 0.557 bits per heavy atom. The molecule has 0 aliphatic rings. The van der Waals surface area contributed by atoms with Crippen LogP contribution < -0.4 is 11.1 Å². The minimum absolute atomic E-state index is 0.0443. The van der Waals surface area contributed by atoms with Gasteiger partial charge in [0.25, 0.3) is 11.1 Å². The molecule has 0 atom stereocenters. The fraction of sp³-hybridized carbons (Fsp3) is 0. The molecule has 0 saturated carbocycles. The average Bonchev–Trinajstić information content (AvgIpc) is 1.56. The lowest BCUT2D eigenvalue weighted by Crippen LogP contribution is -2.14. The summed E-state index contributed by atoms with van der Waals surface area (Å²) in [6.45, 7) is 0. The van der Waals surface area contributed by atoms with Crippen molar-refractivity contribution in [1.82, 2.24) is 22.5 Å². The summed E-state index contributed by atoms with van der Waals surface area (Å²) in [5.41, 5.74) is 21.1. The molecule has 21 rings (SSSR count). The van der Waals surface area contributed by atoms with Crippen LogP contribution in [0.4, 0.5) is 0 Å². The molecule has 0 fully saturated rings. The van der Waals surface area contributed by atoms with Crippen LogP contribution in [0.2, 0.25) is 0 Å². The summed E-state index contributed by atoms with van der Waals surface area (Å²) in [5.74, 6) is 0. The van der Waals surface area contributed by atoms with Gasteiger partial charge in [-0.05, 0) is 142 Å². The van der Waals surface area contributed by atoms with Crippen molar-refractivity contribution in [3.63, 3.8) is 0 Å². The molecule has 7 aromatic heterocycles. The maximum atomic E-state index is 16.3. The molecule has 7 heteroatoms. The van der Waals surface area contributed by atoms with Gasteiger partial charge in [-0.2, -0.15) is 0 Å². The molecule has 0 N–H and O–H groups in total. The quantitative estimate of drug-likeness (QED) is 0.142. The molecule has 0 radical (unpaired) electrons. The third kappa shape index (κ3) is 7.45. The molecule has 14 aromatic carbocycles. The first-order valence-corrected chi connectivity index (χ1v) is 33.1. The first kappa shape index (κ1) is 53.4. The second kappa shape index (κ2) is 20.2. The highest BCUT2D eigenvalue weighted by atomic mass is 16.1. The molecular weight excluding hydrogens is 1180 g/mol. The molecule has 7 nitrogen and oxygen atoms in total. The van der Waals surface area contributed by atoms with E-state index >= 15 is 9.59 Å². The van der Waals surface area contributed by atoms with Crippen molar-refractivity contribution in [3.8, 4) is 73.0 Å². The zero-order chi connectivity index (χ0) is 63.7.